The van der Waals surface area contributed by atoms with Gasteiger partial charge < -0.3 is 21.3 Å². The Hall–Kier alpha value is -2.70. The van der Waals surface area contributed by atoms with Crippen LogP contribution < -0.4 is 21.3 Å². The number of likely N-dealkylation sites (N-methyl/N-ethyl adjacent to an activating group) is 1. The van der Waals surface area contributed by atoms with Gasteiger partial charge in [-0.15, -0.1) is 0 Å². The van der Waals surface area contributed by atoms with Gasteiger partial charge in [-0.25, -0.2) is 4.98 Å². The van der Waals surface area contributed by atoms with Crippen molar-refractivity contribution in [3.63, 3.8) is 0 Å². The number of rotatable bonds is 6. The maximum Gasteiger partial charge on any atom is 0.222 e. The number of nitrogens with zero attached hydrogens (tertiary/aromatic N) is 3. The summed E-state index contributed by atoms with van der Waals surface area (Å²) in [5.74, 6) is 1.24. The van der Waals surface area contributed by atoms with E-state index in [0.29, 0.717) is 18.5 Å². The number of benzene rings is 2. The van der Waals surface area contributed by atoms with E-state index < -0.39 is 0 Å². The van der Waals surface area contributed by atoms with Crippen LogP contribution in [0.5, 0.6) is 0 Å². The van der Waals surface area contributed by atoms with E-state index in [0.717, 1.165) is 31.1 Å². The zero-order valence-corrected chi connectivity index (χ0v) is 14.9. The molecule has 3 aromatic rings. The third-order valence-electron chi connectivity index (χ3n) is 4.90. The molecular weight excluding hydrogens is 324 g/mol. The van der Waals surface area contributed by atoms with Crippen LogP contribution in [-0.2, 0) is 13.1 Å². The number of aromatic nitrogens is 2. The molecule has 0 unspecified atom stereocenters. The Bertz CT molecular complexity index is 898. The summed E-state index contributed by atoms with van der Waals surface area (Å²) in [7, 11) is 1.99. The van der Waals surface area contributed by atoms with Gasteiger partial charge in [-0.3, -0.25) is 0 Å². The third-order valence-corrected chi connectivity index (χ3v) is 4.90. The Labute approximate surface area is 153 Å². The van der Waals surface area contributed by atoms with E-state index >= 15 is 0 Å². The first-order valence-electron chi connectivity index (χ1n) is 8.96. The van der Waals surface area contributed by atoms with Crippen LogP contribution in [0.3, 0.4) is 0 Å². The summed E-state index contributed by atoms with van der Waals surface area (Å²) in [5.41, 5.74) is 8.11. The molecule has 0 saturated carbocycles. The van der Waals surface area contributed by atoms with Gasteiger partial charge in [0.1, 0.15) is 5.82 Å². The number of fused-ring (bicyclic) bond motifs is 1. The van der Waals surface area contributed by atoms with E-state index in [2.05, 4.69) is 68.0 Å². The molecule has 1 aliphatic rings. The Morgan fingerprint density at radius 3 is 2.73 bits per heavy atom. The predicted octanol–water partition coefficient (Wildman–Crippen LogP) is 1.91. The molecule has 2 heterocycles. The monoisotopic (exact) mass is 348 g/mol. The van der Waals surface area contributed by atoms with E-state index in [-0.39, 0.29) is 0 Å². The molecule has 4 rings (SSSR count). The molecule has 1 saturated heterocycles. The molecule has 2 aromatic carbocycles. The molecule has 0 radical (unpaired) electrons. The molecule has 134 valence electrons. The molecule has 6 heteroatoms. The summed E-state index contributed by atoms with van der Waals surface area (Å²) in [6.45, 7) is 3.35. The normalized spacial score (nSPS) is 14.6. The van der Waals surface area contributed by atoms with Crippen LogP contribution in [0.4, 0.5) is 11.8 Å². The minimum atomic E-state index is 0.331. The highest BCUT2D eigenvalue weighted by Gasteiger charge is 2.26. The average molecular weight is 348 g/mol. The van der Waals surface area contributed by atoms with Crippen LogP contribution >= 0.6 is 0 Å². The van der Waals surface area contributed by atoms with Crippen LogP contribution in [0, 0.1) is 0 Å². The highest BCUT2D eigenvalue weighted by molar-refractivity contribution is 5.85. The number of nitrogens with two attached hydrogens (primary N) is 1. The smallest absolute Gasteiger partial charge is 0.222 e. The first kappa shape index (κ1) is 16.8. The molecule has 0 bridgehead atoms. The maximum absolute atomic E-state index is 5.91. The number of nitrogens with one attached hydrogen (secondary N) is 2. The van der Waals surface area contributed by atoms with Gasteiger partial charge in [0.05, 0.1) is 5.69 Å². The predicted molar refractivity (Wildman–Crippen MR) is 106 cm³/mol. The molecule has 1 fully saturated rings. The minimum absolute atomic E-state index is 0.331. The van der Waals surface area contributed by atoms with Crippen LogP contribution in [0.2, 0.25) is 0 Å². The number of anilines is 2. The standard InChI is InChI=1S/C20H24N6/c1-22-17-12-26(13-17)19-9-16(24-20(21)25-19)11-23-10-15-7-4-6-14-5-2-3-8-18(14)15/h2-9,17,22-23H,10-13H2,1H3,(H2,21,24,25). The van der Waals surface area contributed by atoms with Crippen molar-refractivity contribution in [1.82, 2.24) is 20.6 Å². The lowest BCUT2D eigenvalue weighted by Crippen LogP contribution is -2.57. The summed E-state index contributed by atoms with van der Waals surface area (Å²) in [5, 5.41) is 9.29. The first-order valence-corrected chi connectivity index (χ1v) is 8.96. The fraction of sp³-hybridized carbons (Fsp3) is 0.300. The zero-order valence-electron chi connectivity index (χ0n) is 14.9. The van der Waals surface area contributed by atoms with Gasteiger partial charge in [0.2, 0.25) is 5.95 Å². The number of hydrogen-bond donors (Lipinski definition) is 3. The van der Waals surface area contributed by atoms with Gasteiger partial charge in [-0.1, -0.05) is 42.5 Å². The second-order valence-electron chi connectivity index (χ2n) is 6.71. The van der Waals surface area contributed by atoms with E-state index in [1.807, 2.05) is 13.1 Å². The highest BCUT2D eigenvalue weighted by Crippen LogP contribution is 2.21. The van der Waals surface area contributed by atoms with Crippen molar-refractivity contribution in [1.29, 1.82) is 0 Å². The van der Waals surface area contributed by atoms with E-state index in [9.17, 15) is 0 Å². The lowest BCUT2D eigenvalue weighted by Gasteiger charge is -2.40. The second-order valence-corrected chi connectivity index (χ2v) is 6.71. The molecule has 0 spiro atoms. The van der Waals surface area contributed by atoms with Crippen molar-refractivity contribution in [3.8, 4) is 0 Å². The largest absolute Gasteiger partial charge is 0.368 e. The van der Waals surface area contributed by atoms with Crippen molar-refractivity contribution >= 4 is 22.5 Å². The molecule has 1 aromatic heterocycles. The van der Waals surface area contributed by atoms with E-state index in [1.54, 1.807) is 0 Å². The van der Waals surface area contributed by atoms with Gasteiger partial charge in [-0.05, 0) is 23.4 Å². The second kappa shape index (κ2) is 7.27. The topological polar surface area (TPSA) is 79.1 Å². The van der Waals surface area contributed by atoms with E-state index in [4.69, 9.17) is 5.73 Å². The van der Waals surface area contributed by atoms with Crippen molar-refractivity contribution in [2.75, 3.05) is 30.8 Å². The number of hydrogen-bond acceptors (Lipinski definition) is 6. The maximum atomic E-state index is 5.91. The Morgan fingerprint density at radius 1 is 1.08 bits per heavy atom. The SMILES string of the molecule is CNC1CN(c2cc(CNCc3cccc4ccccc34)nc(N)n2)C1. The van der Waals surface area contributed by atoms with Crippen LogP contribution in [0.15, 0.2) is 48.5 Å². The average Bonchev–Trinajstić information content (AvgIpc) is 2.61. The van der Waals surface area contributed by atoms with Gasteiger partial charge in [0.15, 0.2) is 0 Å². The van der Waals surface area contributed by atoms with E-state index in [1.165, 1.54) is 16.3 Å². The van der Waals surface area contributed by atoms with Crippen molar-refractivity contribution in [2.45, 2.75) is 19.1 Å². The fourth-order valence-electron chi connectivity index (χ4n) is 3.38. The summed E-state index contributed by atoms with van der Waals surface area (Å²) in [4.78, 5) is 11.0. The highest BCUT2D eigenvalue weighted by atomic mass is 15.3. The Kier molecular flexibility index (Phi) is 4.69. The number of nitrogen functional groups attached to an aromatic ring is 1. The fourth-order valence-corrected chi connectivity index (χ4v) is 3.38. The van der Waals surface area contributed by atoms with Gasteiger partial charge in [0, 0.05) is 38.3 Å². The zero-order chi connectivity index (χ0) is 17.9. The molecule has 4 N–H and O–H groups in total. The quantitative estimate of drug-likeness (QED) is 0.632. The summed E-state index contributed by atoms with van der Waals surface area (Å²) in [6, 6.07) is 17.4. The summed E-state index contributed by atoms with van der Waals surface area (Å²) >= 11 is 0. The van der Waals surface area contributed by atoms with Gasteiger partial charge in [0.25, 0.3) is 0 Å². The molecule has 0 atom stereocenters. The van der Waals surface area contributed by atoms with Crippen LogP contribution in [0.25, 0.3) is 10.8 Å². The Morgan fingerprint density at radius 2 is 1.88 bits per heavy atom. The molecular formula is C20H24N6. The minimum Gasteiger partial charge on any atom is -0.368 e. The van der Waals surface area contributed by atoms with Crippen molar-refractivity contribution < 1.29 is 0 Å². The lowest BCUT2D eigenvalue weighted by molar-refractivity contribution is 0.447. The van der Waals surface area contributed by atoms with Crippen molar-refractivity contribution in [2.24, 2.45) is 0 Å². The summed E-state index contributed by atoms with van der Waals surface area (Å²) in [6.07, 6.45) is 0. The third kappa shape index (κ3) is 3.47. The first-order chi connectivity index (χ1) is 12.7. The lowest BCUT2D eigenvalue weighted by atomic mass is 10.0. The van der Waals surface area contributed by atoms with Crippen LogP contribution in [-0.4, -0.2) is 36.1 Å². The molecule has 0 aliphatic carbocycles. The molecule has 26 heavy (non-hydrogen) atoms. The van der Waals surface area contributed by atoms with Crippen LogP contribution in [0.1, 0.15) is 11.3 Å². The summed E-state index contributed by atoms with van der Waals surface area (Å²) < 4.78 is 0. The van der Waals surface area contributed by atoms with Gasteiger partial charge >= 0.3 is 0 Å². The molecule has 6 nitrogen and oxygen atoms in total. The molecule has 0 amide bonds. The Balaban J connectivity index is 1.42. The van der Waals surface area contributed by atoms with Gasteiger partial charge in [-0.2, -0.15) is 4.98 Å². The molecule has 1 aliphatic heterocycles. The van der Waals surface area contributed by atoms with Crippen molar-refractivity contribution in [3.05, 3.63) is 59.8 Å².